The molecule has 0 aliphatic carbocycles. The van der Waals surface area contributed by atoms with E-state index in [1.807, 2.05) is 36.4 Å². The van der Waals surface area contributed by atoms with Gasteiger partial charge in [-0.25, -0.2) is 0 Å². The molecule has 0 aliphatic heterocycles. The second kappa shape index (κ2) is 13.2. The van der Waals surface area contributed by atoms with E-state index < -0.39 is 11.9 Å². The number of carboxylic acid groups (broad SMARTS) is 2. The summed E-state index contributed by atoms with van der Waals surface area (Å²) in [5.74, 6) is -1.57. The number of unbranched alkanes of at least 4 members (excludes halogenated alkanes) is 4. The van der Waals surface area contributed by atoms with E-state index in [1.165, 1.54) is 0 Å². The molecule has 0 aliphatic rings. The maximum absolute atomic E-state index is 12.8. The molecule has 7 heteroatoms. The molecule has 31 heavy (non-hydrogen) atoms. The Morgan fingerprint density at radius 1 is 0.742 bits per heavy atom. The van der Waals surface area contributed by atoms with Gasteiger partial charge in [0.25, 0.3) is 0 Å². The highest BCUT2D eigenvalue weighted by atomic mass is 16.5. The minimum absolute atomic E-state index is 0.122. The summed E-state index contributed by atoms with van der Waals surface area (Å²) in [6.07, 6.45) is 6.36. The lowest BCUT2D eigenvalue weighted by Crippen LogP contribution is -1.99. The standard InChI is InChI=1S/C24H30N2O5/c27-23(28)17-4-2-1-3-11-19-12-5-8-15-21(19)25-26(31)22-16-9-6-13-20(22)14-7-10-18-24(29)30/h5-6,8-9,12-13,15-16H,1-4,7,10-11,14,17-18H2,(H,27,28)(H,29,30). The average Bonchev–Trinajstić information content (AvgIpc) is 2.74. The summed E-state index contributed by atoms with van der Waals surface area (Å²) in [6, 6.07) is 14.8. The van der Waals surface area contributed by atoms with Crippen LogP contribution in [0.4, 0.5) is 11.4 Å². The highest BCUT2D eigenvalue weighted by Crippen LogP contribution is 2.26. The van der Waals surface area contributed by atoms with Crippen LogP contribution in [-0.2, 0) is 22.4 Å². The first-order valence-electron chi connectivity index (χ1n) is 10.8. The van der Waals surface area contributed by atoms with Gasteiger partial charge in [-0.05, 0) is 55.0 Å². The van der Waals surface area contributed by atoms with Gasteiger partial charge in [0.15, 0.2) is 0 Å². The summed E-state index contributed by atoms with van der Waals surface area (Å²) >= 11 is 0. The number of carboxylic acids is 2. The number of azo groups is 1. The Morgan fingerprint density at radius 2 is 1.26 bits per heavy atom. The Balaban J connectivity index is 2.02. The van der Waals surface area contributed by atoms with Gasteiger partial charge in [0.2, 0.25) is 5.69 Å². The molecule has 0 aromatic heterocycles. The fourth-order valence-corrected chi connectivity index (χ4v) is 3.42. The molecule has 0 bridgehead atoms. The number of carbonyl (C=O) groups is 2. The van der Waals surface area contributed by atoms with E-state index in [0.29, 0.717) is 41.9 Å². The fraction of sp³-hybridized carbons (Fsp3) is 0.417. The fourth-order valence-electron chi connectivity index (χ4n) is 3.42. The van der Waals surface area contributed by atoms with Crippen LogP contribution in [0.15, 0.2) is 53.6 Å². The van der Waals surface area contributed by atoms with E-state index in [1.54, 1.807) is 12.1 Å². The predicted octanol–water partition coefficient (Wildman–Crippen LogP) is 5.99. The molecule has 0 amide bonds. The summed E-state index contributed by atoms with van der Waals surface area (Å²) in [5, 5.41) is 34.6. The topological polar surface area (TPSA) is 113 Å². The molecule has 0 radical (unpaired) electrons. The third-order valence-electron chi connectivity index (χ3n) is 5.06. The van der Waals surface area contributed by atoms with E-state index >= 15 is 0 Å². The molecular formula is C24H30N2O5. The van der Waals surface area contributed by atoms with E-state index in [2.05, 4.69) is 5.11 Å². The molecule has 166 valence electrons. The highest BCUT2D eigenvalue weighted by Gasteiger charge is 2.13. The van der Waals surface area contributed by atoms with Crippen LogP contribution in [0.25, 0.3) is 0 Å². The quantitative estimate of drug-likeness (QED) is 0.167. The highest BCUT2D eigenvalue weighted by molar-refractivity contribution is 5.66. The van der Waals surface area contributed by atoms with Crippen LogP contribution in [0.1, 0.15) is 62.5 Å². The summed E-state index contributed by atoms with van der Waals surface area (Å²) in [5.41, 5.74) is 2.94. The summed E-state index contributed by atoms with van der Waals surface area (Å²) in [6.45, 7) is 0. The molecule has 2 N–H and O–H groups in total. The van der Waals surface area contributed by atoms with Crippen molar-refractivity contribution in [2.24, 2.45) is 5.11 Å². The summed E-state index contributed by atoms with van der Waals surface area (Å²) in [7, 11) is 0. The van der Waals surface area contributed by atoms with Crippen LogP contribution in [0, 0.1) is 5.21 Å². The molecule has 0 fully saturated rings. The van der Waals surface area contributed by atoms with E-state index in [4.69, 9.17) is 10.2 Å². The van der Waals surface area contributed by atoms with Gasteiger partial charge in [-0.1, -0.05) is 49.2 Å². The molecule has 2 aromatic rings. The first kappa shape index (κ1) is 24.1. The number of hydrogen-bond donors (Lipinski definition) is 2. The van der Waals surface area contributed by atoms with Crippen LogP contribution in [0.2, 0.25) is 0 Å². The number of aliphatic carboxylic acids is 2. The molecular weight excluding hydrogens is 396 g/mol. The van der Waals surface area contributed by atoms with Crippen molar-refractivity contribution in [3.8, 4) is 0 Å². The van der Waals surface area contributed by atoms with Gasteiger partial charge in [-0.15, -0.1) is 0 Å². The van der Waals surface area contributed by atoms with Crippen molar-refractivity contribution >= 4 is 23.3 Å². The van der Waals surface area contributed by atoms with E-state index in [0.717, 1.165) is 36.8 Å². The Labute approximate surface area is 182 Å². The Bertz CT molecular complexity index is 895. The van der Waals surface area contributed by atoms with Crippen LogP contribution in [0.3, 0.4) is 0 Å². The molecule has 0 heterocycles. The lowest BCUT2D eigenvalue weighted by molar-refractivity contribution is -0.436. The van der Waals surface area contributed by atoms with Crippen molar-refractivity contribution in [1.82, 2.24) is 0 Å². The zero-order chi connectivity index (χ0) is 22.5. The van der Waals surface area contributed by atoms with Crippen molar-refractivity contribution < 1.29 is 24.7 Å². The third kappa shape index (κ3) is 8.99. The molecule has 0 saturated heterocycles. The molecule has 0 unspecified atom stereocenters. The van der Waals surface area contributed by atoms with Crippen LogP contribution in [0.5, 0.6) is 0 Å². The van der Waals surface area contributed by atoms with Gasteiger partial charge in [0.1, 0.15) is 5.69 Å². The SMILES string of the molecule is O=C(O)CCCCCCc1ccccc1N=[N+]([O-])c1ccccc1CCCCC(=O)O. The number of benzene rings is 2. The monoisotopic (exact) mass is 426 g/mol. The van der Waals surface area contributed by atoms with Gasteiger partial charge in [0.05, 0.1) is 0 Å². The van der Waals surface area contributed by atoms with Gasteiger partial charge in [-0.2, -0.15) is 0 Å². The van der Waals surface area contributed by atoms with Crippen molar-refractivity contribution in [2.45, 2.75) is 64.2 Å². The Hall–Kier alpha value is -3.22. The van der Waals surface area contributed by atoms with Crippen molar-refractivity contribution in [3.63, 3.8) is 0 Å². The van der Waals surface area contributed by atoms with E-state index in [-0.39, 0.29) is 12.8 Å². The average molecular weight is 427 g/mol. The molecule has 2 rings (SSSR count). The molecule has 2 aromatic carbocycles. The predicted molar refractivity (Wildman–Crippen MR) is 118 cm³/mol. The zero-order valence-electron chi connectivity index (χ0n) is 17.7. The number of hydrogen-bond acceptors (Lipinski definition) is 4. The number of nitrogens with zero attached hydrogens (tertiary/aromatic N) is 2. The van der Waals surface area contributed by atoms with Crippen LogP contribution in [-0.4, -0.2) is 27.0 Å². The summed E-state index contributed by atoms with van der Waals surface area (Å²) < 4.78 is 0. The maximum Gasteiger partial charge on any atom is 0.303 e. The van der Waals surface area contributed by atoms with Crippen LogP contribution >= 0.6 is 0 Å². The summed E-state index contributed by atoms with van der Waals surface area (Å²) in [4.78, 5) is 21.9. The van der Waals surface area contributed by atoms with Gasteiger partial charge < -0.3 is 15.4 Å². The van der Waals surface area contributed by atoms with Gasteiger partial charge in [-0.3, -0.25) is 9.59 Å². The normalized spacial score (nSPS) is 11.4. The first-order chi connectivity index (χ1) is 15.0. The minimum Gasteiger partial charge on any atom is -0.594 e. The van der Waals surface area contributed by atoms with Crippen molar-refractivity contribution in [1.29, 1.82) is 0 Å². The Morgan fingerprint density at radius 3 is 1.97 bits per heavy atom. The number of rotatable bonds is 14. The second-order valence-corrected chi connectivity index (χ2v) is 7.54. The van der Waals surface area contributed by atoms with Crippen molar-refractivity contribution in [2.75, 3.05) is 0 Å². The third-order valence-corrected chi connectivity index (χ3v) is 5.06. The van der Waals surface area contributed by atoms with Crippen LogP contribution < -0.4 is 0 Å². The smallest absolute Gasteiger partial charge is 0.303 e. The number of aryl methyl sites for hydroxylation is 2. The van der Waals surface area contributed by atoms with E-state index in [9.17, 15) is 14.8 Å². The molecule has 0 spiro atoms. The number of para-hydroxylation sites is 1. The maximum atomic E-state index is 12.8. The zero-order valence-corrected chi connectivity index (χ0v) is 17.7. The van der Waals surface area contributed by atoms with Crippen molar-refractivity contribution in [3.05, 3.63) is 64.9 Å². The van der Waals surface area contributed by atoms with Gasteiger partial charge in [0, 0.05) is 29.6 Å². The molecule has 0 saturated carbocycles. The lowest BCUT2D eigenvalue weighted by Gasteiger charge is -2.08. The Kier molecular flexibility index (Phi) is 10.2. The minimum atomic E-state index is -0.813. The lowest BCUT2D eigenvalue weighted by atomic mass is 10.0. The second-order valence-electron chi connectivity index (χ2n) is 7.54. The molecule has 0 atom stereocenters. The largest absolute Gasteiger partial charge is 0.594 e. The first-order valence-corrected chi connectivity index (χ1v) is 10.8. The molecule has 7 nitrogen and oxygen atoms in total. The van der Waals surface area contributed by atoms with Gasteiger partial charge >= 0.3 is 11.9 Å².